The van der Waals surface area contributed by atoms with E-state index >= 15 is 0 Å². The van der Waals surface area contributed by atoms with Gasteiger partial charge in [0.1, 0.15) is 0 Å². The molecule has 0 aliphatic heterocycles. The lowest BCUT2D eigenvalue weighted by Gasteiger charge is -2.07. The van der Waals surface area contributed by atoms with Crippen molar-refractivity contribution in [3.8, 4) is 0 Å². The van der Waals surface area contributed by atoms with E-state index in [1.807, 2.05) is 6.92 Å². The Morgan fingerprint density at radius 1 is 1.38 bits per heavy atom. The third-order valence-electron chi connectivity index (χ3n) is 0.584. The smallest absolute Gasteiger partial charge is 0.344 e. The molecule has 0 fully saturated rings. The van der Waals surface area contributed by atoms with E-state index in [9.17, 15) is 4.57 Å². The van der Waals surface area contributed by atoms with Crippen LogP contribution in [0, 0.1) is 0 Å². The van der Waals surface area contributed by atoms with Gasteiger partial charge in [-0.2, -0.15) is 0 Å². The van der Waals surface area contributed by atoms with Gasteiger partial charge in [0, 0.05) is 0 Å². The fourth-order valence-electron chi connectivity index (χ4n) is 0.364. The predicted octanol–water partition coefficient (Wildman–Crippen LogP) is 2.51. The Bertz CT molecular complexity index is 141. The molecule has 0 rings (SSSR count). The van der Waals surface area contributed by atoms with Crippen LogP contribution >= 0.6 is 7.82 Å². The van der Waals surface area contributed by atoms with Gasteiger partial charge >= 0.3 is 7.82 Å². The van der Waals surface area contributed by atoms with Gasteiger partial charge in [-0.15, -0.1) is 6.58 Å². The second-order valence-corrected chi connectivity index (χ2v) is 3.17. The molecule has 0 radical (unpaired) electrons. The summed E-state index contributed by atoms with van der Waals surface area (Å²) in [6, 6.07) is 0. The quantitative estimate of drug-likeness (QED) is 0.553. The van der Waals surface area contributed by atoms with E-state index in [0.29, 0.717) is 0 Å². The first-order valence-electron chi connectivity index (χ1n) is 3.72. The average Bonchev–Trinajstić information content (AvgIpc) is 1.88. The number of hydrogen-bond acceptors (Lipinski definition) is 4. The first kappa shape index (κ1) is 18.6. The molecule has 0 spiro atoms. The number of allylic oxidation sites excluding steroid dienone is 1. The number of phosphoric ester groups is 1. The Labute approximate surface area is 80.0 Å². The Hall–Kier alpha value is -0.190. The topological polar surface area (TPSA) is 90.8 Å². The normalized spacial score (nSPS) is 9.23. The second-order valence-electron chi connectivity index (χ2n) is 1.71. The highest BCUT2D eigenvalue weighted by Gasteiger charge is 2.17. The molecule has 0 aromatic carbocycles. The highest BCUT2D eigenvalue weighted by molar-refractivity contribution is 7.47. The Balaban J connectivity index is -0.000000220. The summed E-state index contributed by atoms with van der Waals surface area (Å²) in [5.41, 5.74) is 0. The fourth-order valence-corrected chi connectivity index (χ4v) is 1.09. The van der Waals surface area contributed by atoms with Gasteiger partial charge in [-0.1, -0.05) is 6.08 Å². The van der Waals surface area contributed by atoms with Crippen LogP contribution < -0.4 is 6.15 Å². The summed E-state index contributed by atoms with van der Waals surface area (Å²) >= 11 is 0. The van der Waals surface area contributed by atoms with Crippen LogP contribution in [-0.4, -0.2) is 18.1 Å². The lowest BCUT2D eigenvalue weighted by molar-refractivity contribution is 0.161. The maximum Gasteiger partial charge on any atom is 0.472 e. The fraction of sp³-hybridized carbons (Fsp3) is 0.714. The van der Waals surface area contributed by atoms with Crippen molar-refractivity contribution in [3.05, 3.63) is 12.7 Å². The summed E-state index contributed by atoms with van der Waals surface area (Å²) in [6.07, 6.45) is 1.75. The van der Waals surface area contributed by atoms with E-state index in [-0.39, 0.29) is 19.4 Å². The largest absolute Gasteiger partial charge is 0.472 e. The molecule has 0 aliphatic rings. The van der Waals surface area contributed by atoms with Crippen molar-refractivity contribution in [2.75, 3.05) is 13.2 Å². The van der Waals surface area contributed by atoms with Crippen molar-refractivity contribution in [2.24, 2.45) is 0 Å². The molecule has 0 aliphatic carbocycles. The van der Waals surface area contributed by atoms with Crippen LogP contribution in [0.5, 0.6) is 0 Å². The summed E-state index contributed by atoms with van der Waals surface area (Å²) < 4.78 is 19.2. The molecule has 4 N–H and O–H groups in total. The number of phosphoric acid groups is 1. The summed E-state index contributed by atoms with van der Waals surface area (Å²) in [4.78, 5) is 8.63. The van der Waals surface area contributed by atoms with Crippen molar-refractivity contribution < 1.29 is 18.5 Å². The maximum atomic E-state index is 10.5. The molecular formula is C7H20NO4P. The van der Waals surface area contributed by atoms with Crippen LogP contribution in [0.3, 0.4) is 0 Å². The monoisotopic (exact) mass is 213 g/mol. The Morgan fingerprint density at radius 3 is 1.77 bits per heavy atom. The van der Waals surface area contributed by atoms with E-state index in [1.54, 1.807) is 19.9 Å². The molecular weight excluding hydrogens is 193 g/mol. The highest BCUT2D eigenvalue weighted by atomic mass is 31.2. The molecule has 6 heteroatoms. The molecule has 0 bridgehead atoms. The molecule has 5 nitrogen and oxygen atoms in total. The lowest BCUT2D eigenvalue weighted by atomic mass is 10.8. The zero-order valence-corrected chi connectivity index (χ0v) is 9.42. The van der Waals surface area contributed by atoms with Gasteiger partial charge in [0.15, 0.2) is 0 Å². The van der Waals surface area contributed by atoms with E-state index in [1.165, 1.54) is 0 Å². The van der Waals surface area contributed by atoms with Crippen molar-refractivity contribution in [2.45, 2.75) is 20.8 Å². The van der Waals surface area contributed by atoms with Crippen LogP contribution in [0.2, 0.25) is 0 Å². The summed E-state index contributed by atoms with van der Waals surface area (Å²) in [7, 11) is -3.69. The van der Waals surface area contributed by atoms with E-state index in [2.05, 4.69) is 15.6 Å². The van der Waals surface area contributed by atoms with Gasteiger partial charge in [0.05, 0.1) is 13.2 Å². The third kappa shape index (κ3) is 18.6. The molecule has 0 saturated carbocycles. The molecule has 82 valence electrons. The zero-order chi connectivity index (χ0) is 10.0. The van der Waals surface area contributed by atoms with Gasteiger partial charge in [0.25, 0.3) is 0 Å². The van der Waals surface area contributed by atoms with Crippen molar-refractivity contribution in [1.82, 2.24) is 6.15 Å². The van der Waals surface area contributed by atoms with E-state index in [0.717, 1.165) is 0 Å². The van der Waals surface area contributed by atoms with Gasteiger partial charge in [-0.25, -0.2) is 4.57 Å². The molecule has 13 heavy (non-hydrogen) atoms. The molecule has 0 aromatic heterocycles. The van der Waals surface area contributed by atoms with Crippen LogP contribution in [0.4, 0.5) is 0 Å². The van der Waals surface area contributed by atoms with Crippen molar-refractivity contribution in [3.63, 3.8) is 0 Å². The SMILES string of the molecule is C=CC.CCOP(=O)(O)OCC.N. The van der Waals surface area contributed by atoms with Crippen LogP contribution in [-0.2, 0) is 13.6 Å². The summed E-state index contributed by atoms with van der Waals surface area (Å²) in [6.45, 7) is 8.88. The number of rotatable bonds is 4. The zero-order valence-electron chi connectivity index (χ0n) is 8.52. The molecule has 0 aromatic rings. The summed E-state index contributed by atoms with van der Waals surface area (Å²) in [5, 5.41) is 0. The van der Waals surface area contributed by atoms with Crippen molar-refractivity contribution in [1.29, 1.82) is 0 Å². The minimum Gasteiger partial charge on any atom is -0.344 e. The van der Waals surface area contributed by atoms with Gasteiger partial charge < -0.3 is 11.0 Å². The maximum absolute atomic E-state index is 10.5. The first-order chi connectivity index (χ1) is 5.54. The second kappa shape index (κ2) is 11.8. The van der Waals surface area contributed by atoms with Crippen LogP contribution in [0.15, 0.2) is 12.7 Å². The lowest BCUT2D eigenvalue weighted by Crippen LogP contribution is -1.93. The van der Waals surface area contributed by atoms with E-state index < -0.39 is 7.82 Å². The van der Waals surface area contributed by atoms with Crippen molar-refractivity contribution >= 4 is 7.82 Å². The molecule has 0 saturated heterocycles. The standard InChI is InChI=1S/C4H11O4P.C3H6.H3N/c1-3-7-9(5,6)8-4-2;1-3-2;/h3-4H2,1-2H3,(H,5,6);3H,1H2,2H3;1H3. The number of hydrogen-bond donors (Lipinski definition) is 2. The van der Waals surface area contributed by atoms with Gasteiger partial charge in [0.2, 0.25) is 0 Å². The van der Waals surface area contributed by atoms with Gasteiger partial charge in [-0.05, 0) is 20.8 Å². The average molecular weight is 213 g/mol. The third-order valence-corrected chi connectivity index (χ3v) is 1.75. The van der Waals surface area contributed by atoms with Crippen LogP contribution in [0.1, 0.15) is 20.8 Å². The van der Waals surface area contributed by atoms with Gasteiger partial charge in [-0.3, -0.25) is 9.05 Å². The minimum absolute atomic E-state index is 0. The van der Waals surface area contributed by atoms with E-state index in [4.69, 9.17) is 4.89 Å². The molecule has 0 atom stereocenters. The Kier molecular flexibility index (Phi) is 16.9. The summed E-state index contributed by atoms with van der Waals surface area (Å²) in [5.74, 6) is 0. The Morgan fingerprint density at radius 2 is 1.62 bits per heavy atom. The first-order valence-corrected chi connectivity index (χ1v) is 5.22. The van der Waals surface area contributed by atoms with Crippen LogP contribution in [0.25, 0.3) is 0 Å². The molecule has 0 amide bonds. The highest BCUT2D eigenvalue weighted by Crippen LogP contribution is 2.42. The minimum atomic E-state index is -3.69. The molecule has 0 unspecified atom stereocenters. The molecule has 0 heterocycles. The predicted molar refractivity (Wildman–Crippen MR) is 54.0 cm³/mol.